The summed E-state index contributed by atoms with van der Waals surface area (Å²) in [6.45, 7) is 6.28. The molecule has 4 N–H and O–H groups in total. The quantitative estimate of drug-likeness (QED) is 0.775. The van der Waals surface area contributed by atoms with Gasteiger partial charge in [0.15, 0.2) is 6.61 Å². The summed E-state index contributed by atoms with van der Waals surface area (Å²) in [6.07, 6.45) is 0. The van der Waals surface area contributed by atoms with Crippen LogP contribution >= 0.6 is 0 Å². The molecule has 0 fully saturated rings. The largest absolute Gasteiger partial charge is 0.482 e. The second-order valence-electron chi connectivity index (χ2n) is 5.78. The molecule has 1 aromatic rings. The van der Waals surface area contributed by atoms with Crippen LogP contribution in [0.1, 0.15) is 31.1 Å². The average Bonchev–Trinajstić information content (AvgIpc) is 2.45. The molecule has 1 aliphatic heterocycles. The van der Waals surface area contributed by atoms with Gasteiger partial charge in [0.25, 0.3) is 11.8 Å². The number of nitrogens with two attached hydrogens (primary N) is 1. The van der Waals surface area contributed by atoms with Crippen LogP contribution in [0.15, 0.2) is 18.2 Å². The van der Waals surface area contributed by atoms with E-state index < -0.39 is 5.54 Å². The summed E-state index contributed by atoms with van der Waals surface area (Å²) in [5, 5.41) is 5.65. The zero-order valence-electron chi connectivity index (χ0n) is 12.5. The lowest BCUT2D eigenvalue weighted by atomic mass is 9.88. The van der Waals surface area contributed by atoms with Crippen molar-refractivity contribution in [3.8, 4) is 5.75 Å². The second-order valence-corrected chi connectivity index (χ2v) is 5.78. The Morgan fingerprint density at radius 2 is 2.24 bits per heavy atom. The molecule has 1 aliphatic rings. The SMILES string of the molecule is CC(C)C(C)(CN)NC(=O)c1ccc2c(c1)NC(=O)CO2. The number of nitrogens with one attached hydrogen (secondary N) is 2. The first-order valence-electron chi connectivity index (χ1n) is 6.95. The number of benzene rings is 1. The van der Waals surface area contributed by atoms with Gasteiger partial charge in [-0.25, -0.2) is 0 Å². The zero-order valence-corrected chi connectivity index (χ0v) is 12.5. The third kappa shape index (κ3) is 3.16. The lowest BCUT2D eigenvalue weighted by Gasteiger charge is -2.33. The maximum absolute atomic E-state index is 12.4. The van der Waals surface area contributed by atoms with Crippen molar-refractivity contribution in [3.05, 3.63) is 23.8 Å². The van der Waals surface area contributed by atoms with Gasteiger partial charge in [-0.05, 0) is 31.0 Å². The van der Waals surface area contributed by atoms with Crippen LogP contribution in [0.25, 0.3) is 0 Å². The van der Waals surface area contributed by atoms with E-state index in [0.29, 0.717) is 23.5 Å². The summed E-state index contributed by atoms with van der Waals surface area (Å²) in [7, 11) is 0. The van der Waals surface area contributed by atoms with E-state index in [1.165, 1.54) is 0 Å². The minimum Gasteiger partial charge on any atom is -0.482 e. The third-order valence-electron chi connectivity index (χ3n) is 3.97. The molecule has 0 spiro atoms. The molecule has 0 aromatic heterocycles. The smallest absolute Gasteiger partial charge is 0.262 e. The molecule has 1 atom stereocenters. The Labute approximate surface area is 124 Å². The van der Waals surface area contributed by atoms with Crippen LogP contribution in [0.2, 0.25) is 0 Å². The standard InChI is InChI=1S/C15H21N3O3/c1-9(2)15(3,8-16)18-14(20)10-4-5-12-11(6-10)17-13(19)7-21-12/h4-6,9H,7-8,16H2,1-3H3,(H,17,19)(H,18,20). The molecule has 1 unspecified atom stereocenters. The van der Waals surface area contributed by atoms with Crippen molar-refractivity contribution < 1.29 is 14.3 Å². The van der Waals surface area contributed by atoms with E-state index in [4.69, 9.17) is 10.5 Å². The average molecular weight is 291 g/mol. The highest BCUT2D eigenvalue weighted by atomic mass is 16.5. The van der Waals surface area contributed by atoms with Crippen molar-refractivity contribution in [2.45, 2.75) is 26.3 Å². The highest BCUT2D eigenvalue weighted by Crippen LogP contribution is 2.28. The van der Waals surface area contributed by atoms with E-state index in [1.807, 2.05) is 20.8 Å². The Balaban J connectivity index is 2.20. The van der Waals surface area contributed by atoms with Gasteiger partial charge < -0.3 is 21.1 Å². The number of amides is 2. The Kier molecular flexibility index (Phi) is 4.18. The maximum atomic E-state index is 12.4. The molecular formula is C15H21N3O3. The van der Waals surface area contributed by atoms with Gasteiger partial charge >= 0.3 is 0 Å². The molecule has 6 nitrogen and oxygen atoms in total. The van der Waals surface area contributed by atoms with E-state index in [-0.39, 0.29) is 24.3 Å². The highest BCUT2D eigenvalue weighted by Gasteiger charge is 2.29. The van der Waals surface area contributed by atoms with Crippen molar-refractivity contribution in [2.24, 2.45) is 11.7 Å². The molecule has 1 heterocycles. The predicted molar refractivity (Wildman–Crippen MR) is 80.3 cm³/mol. The molecule has 0 saturated carbocycles. The van der Waals surface area contributed by atoms with Crippen LogP contribution in [-0.2, 0) is 4.79 Å². The number of ether oxygens (including phenoxy) is 1. The van der Waals surface area contributed by atoms with Crippen LogP contribution < -0.4 is 21.1 Å². The maximum Gasteiger partial charge on any atom is 0.262 e. The minimum atomic E-state index is -0.479. The Bertz CT molecular complexity index is 571. The van der Waals surface area contributed by atoms with Gasteiger partial charge in [-0.1, -0.05) is 13.8 Å². The van der Waals surface area contributed by atoms with Gasteiger partial charge in [-0.15, -0.1) is 0 Å². The summed E-state index contributed by atoms with van der Waals surface area (Å²) in [5.41, 5.74) is 6.26. The van der Waals surface area contributed by atoms with Gasteiger partial charge in [0.05, 0.1) is 11.2 Å². The lowest BCUT2D eigenvalue weighted by molar-refractivity contribution is -0.118. The molecule has 6 heteroatoms. The fourth-order valence-corrected chi connectivity index (χ4v) is 1.99. The second kappa shape index (κ2) is 5.73. The molecule has 0 aliphatic carbocycles. The predicted octanol–water partition coefficient (Wildman–Crippen LogP) is 1.12. The van der Waals surface area contributed by atoms with Crippen LogP contribution in [0.5, 0.6) is 5.75 Å². The molecule has 0 saturated heterocycles. The number of carbonyl (C=O) groups excluding carboxylic acids is 2. The van der Waals surface area contributed by atoms with Crippen molar-refractivity contribution >= 4 is 17.5 Å². The number of hydrogen-bond donors (Lipinski definition) is 3. The topological polar surface area (TPSA) is 93.5 Å². The molecule has 2 rings (SSSR count). The van der Waals surface area contributed by atoms with Crippen LogP contribution in [0, 0.1) is 5.92 Å². The van der Waals surface area contributed by atoms with E-state index in [2.05, 4.69) is 10.6 Å². The molecule has 21 heavy (non-hydrogen) atoms. The van der Waals surface area contributed by atoms with E-state index in [9.17, 15) is 9.59 Å². The van der Waals surface area contributed by atoms with Crippen molar-refractivity contribution in [2.75, 3.05) is 18.5 Å². The van der Waals surface area contributed by atoms with Crippen molar-refractivity contribution in [1.82, 2.24) is 5.32 Å². The summed E-state index contributed by atoms with van der Waals surface area (Å²) in [6, 6.07) is 4.96. The third-order valence-corrected chi connectivity index (χ3v) is 3.97. The molecular weight excluding hydrogens is 270 g/mol. The fraction of sp³-hybridized carbons (Fsp3) is 0.467. The van der Waals surface area contributed by atoms with Gasteiger partial charge in [0.2, 0.25) is 0 Å². The fourth-order valence-electron chi connectivity index (χ4n) is 1.99. The molecule has 114 valence electrons. The van der Waals surface area contributed by atoms with Gasteiger partial charge in [0, 0.05) is 12.1 Å². The summed E-state index contributed by atoms with van der Waals surface area (Å²) < 4.78 is 5.27. The Morgan fingerprint density at radius 1 is 1.52 bits per heavy atom. The zero-order chi connectivity index (χ0) is 15.6. The first-order chi connectivity index (χ1) is 9.85. The minimum absolute atomic E-state index is 0.00284. The number of rotatable bonds is 4. The molecule has 2 amide bonds. The molecule has 0 radical (unpaired) electrons. The monoisotopic (exact) mass is 291 g/mol. The molecule has 0 bridgehead atoms. The first-order valence-corrected chi connectivity index (χ1v) is 6.95. The Morgan fingerprint density at radius 3 is 2.86 bits per heavy atom. The lowest BCUT2D eigenvalue weighted by Crippen LogP contribution is -2.55. The number of carbonyl (C=O) groups is 2. The normalized spacial score (nSPS) is 16.5. The van der Waals surface area contributed by atoms with Crippen LogP contribution in [-0.4, -0.2) is 30.5 Å². The summed E-state index contributed by atoms with van der Waals surface area (Å²) in [5.74, 6) is 0.317. The van der Waals surface area contributed by atoms with Crippen LogP contribution in [0.4, 0.5) is 5.69 Å². The van der Waals surface area contributed by atoms with Crippen molar-refractivity contribution in [1.29, 1.82) is 0 Å². The first kappa shape index (κ1) is 15.3. The number of anilines is 1. The van der Waals surface area contributed by atoms with E-state index >= 15 is 0 Å². The van der Waals surface area contributed by atoms with E-state index in [0.717, 1.165) is 0 Å². The number of fused-ring (bicyclic) bond motifs is 1. The number of hydrogen-bond acceptors (Lipinski definition) is 4. The highest BCUT2D eigenvalue weighted by molar-refractivity contribution is 6.00. The summed E-state index contributed by atoms with van der Waals surface area (Å²) >= 11 is 0. The summed E-state index contributed by atoms with van der Waals surface area (Å²) in [4.78, 5) is 23.7. The Hall–Kier alpha value is -2.08. The van der Waals surface area contributed by atoms with E-state index in [1.54, 1.807) is 18.2 Å². The van der Waals surface area contributed by atoms with Crippen LogP contribution in [0.3, 0.4) is 0 Å². The van der Waals surface area contributed by atoms with Gasteiger partial charge in [-0.3, -0.25) is 9.59 Å². The molecule has 1 aromatic carbocycles. The van der Waals surface area contributed by atoms with Gasteiger partial charge in [0.1, 0.15) is 5.75 Å². The van der Waals surface area contributed by atoms with Crippen molar-refractivity contribution in [3.63, 3.8) is 0 Å². The van der Waals surface area contributed by atoms with Gasteiger partial charge in [-0.2, -0.15) is 0 Å².